The quantitative estimate of drug-likeness (QED) is 0.838. The minimum absolute atomic E-state index is 0.207. The van der Waals surface area contributed by atoms with Crippen molar-refractivity contribution in [2.75, 3.05) is 20.2 Å². The highest BCUT2D eigenvalue weighted by atomic mass is 32.2. The first-order valence-corrected chi connectivity index (χ1v) is 9.79. The number of ether oxygens (including phenoxy) is 1. The van der Waals surface area contributed by atoms with Gasteiger partial charge in [0.15, 0.2) is 0 Å². The number of sulfonamides is 1. The fourth-order valence-electron chi connectivity index (χ4n) is 3.52. The number of aryl methyl sites for hydroxylation is 1. The highest BCUT2D eigenvalue weighted by Crippen LogP contribution is 2.34. The molecule has 0 amide bonds. The van der Waals surface area contributed by atoms with Crippen LogP contribution in [0.5, 0.6) is 5.75 Å². The van der Waals surface area contributed by atoms with E-state index >= 15 is 0 Å². The number of hydrogen-bond donors (Lipinski definition) is 0. The molecule has 0 saturated carbocycles. The van der Waals surface area contributed by atoms with E-state index in [4.69, 9.17) is 4.74 Å². The van der Waals surface area contributed by atoms with Crippen molar-refractivity contribution in [3.63, 3.8) is 0 Å². The molecule has 1 aromatic carbocycles. The molecule has 1 heterocycles. The molecule has 0 bridgehead atoms. The van der Waals surface area contributed by atoms with Crippen LogP contribution in [0.4, 0.5) is 0 Å². The molecule has 2 atom stereocenters. The maximum Gasteiger partial charge on any atom is 0.243 e. The molecule has 4 nitrogen and oxygen atoms in total. The summed E-state index contributed by atoms with van der Waals surface area (Å²) in [7, 11) is -1.83. The number of hydrogen-bond acceptors (Lipinski definition) is 3. The van der Waals surface area contributed by atoms with Gasteiger partial charge >= 0.3 is 0 Å². The van der Waals surface area contributed by atoms with Crippen molar-refractivity contribution in [2.24, 2.45) is 11.8 Å². The number of methoxy groups -OCH3 is 1. The number of piperidine rings is 1. The summed E-state index contributed by atoms with van der Waals surface area (Å²) >= 11 is 0. The largest absolute Gasteiger partial charge is 0.496 e. The van der Waals surface area contributed by atoms with E-state index in [0.717, 1.165) is 23.3 Å². The van der Waals surface area contributed by atoms with E-state index in [-0.39, 0.29) is 5.92 Å². The molecule has 0 radical (unpaired) electrons. The number of nitrogens with zero attached hydrogens (tertiary/aromatic N) is 1. The van der Waals surface area contributed by atoms with Gasteiger partial charge in [-0.15, -0.1) is 0 Å². The Kier molecular flexibility index (Phi) is 5.41. The van der Waals surface area contributed by atoms with Crippen LogP contribution in [0.15, 0.2) is 17.0 Å². The van der Waals surface area contributed by atoms with Crippen LogP contribution in [-0.2, 0) is 10.0 Å². The molecule has 1 aliphatic rings. The van der Waals surface area contributed by atoms with E-state index in [1.165, 1.54) is 0 Å². The summed E-state index contributed by atoms with van der Waals surface area (Å²) < 4.78 is 33.4. The summed E-state index contributed by atoms with van der Waals surface area (Å²) in [6.07, 6.45) is 1.09. The van der Waals surface area contributed by atoms with Gasteiger partial charge in [0, 0.05) is 13.1 Å². The minimum Gasteiger partial charge on any atom is -0.496 e. The van der Waals surface area contributed by atoms with Crippen LogP contribution >= 0.6 is 0 Å². The van der Waals surface area contributed by atoms with Gasteiger partial charge in [-0.1, -0.05) is 27.7 Å². The third-order valence-corrected chi connectivity index (χ3v) is 6.58. The lowest BCUT2D eigenvalue weighted by Crippen LogP contribution is -2.42. The third-order valence-electron chi connectivity index (χ3n) is 4.60. The van der Waals surface area contributed by atoms with E-state index in [1.54, 1.807) is 17.5 Å². The molecule has 0 spiro atoms. The Hall–Kier alpha value is -1.07. The first kappa shape index (κ1) is 18.3. The van der Waals surface area contributed by atoms with E-state index in [0.29, 0.717) is 29.8 Å². The second-order valence-electron chi connectivity index (χ2n) is 7.28. The van der Waals surface area contributed by atoms with E-state index < -0.39 is 10.0 Å². The van der Waals surface area contributed by atoms with Gasteiger partial charge in [0.25, 0.3) is 0 Å². The molecule has 0 N–H and O–H groups in total. The third kappa shape index (κ3) is 3.72. The Morgan fingerprint density at radius 1 is 1.17 bits per heavy atom. The zero-order valence-corrected chi connectivity index (χ0v) is 15.9. The molecule has 2 rings (SSSR count). The van der Waals surface area contributed by atoms with Gasteiger partial charge in [-0.3, -0.25) is 0 Å². The summed E-state index contributed by atoms with van der Waals surface area (Å²) in [4.78, 5) is 0.420. The number of rotatable bonds is 4. The molecule has 1 aliphatic heterocycles. The molecule has 130 valence electrons. The molecule has 1 fully saturated rings. The Bertz CT molecular complexity index is 657. The Morgan fingerprint density at radius 3 is 2.22 bits per heavy atom. The van der Waals surface area contributed by atoms with Crippen molar-refractivity contribution in [3.8, 4) is 5.75 Å². The van der Waals surface area contributed by atoms with E-state index in [9.17, 15) is 8.42 Å². The molecule has 0 aliphatic carbocycles. The fourth-order valence-corrected chi connectivity index (χ4v) is 5.45. The van der Waals surface area contributed by atoms with Crippen molar-refractivity contribution >= 4 is 10.0 Å². The van der Waals surface area contributed by atoms with Crippen LogP contribution in [-0.4, -0.2) is 32.9 Å². The van der Waals surface area contributed by atoms with Gasteiger partial charge in [-0.25, -0.2) is 8.42 Å². The van der Waals surface area contributed by atoms with Crippen LogP contribution in [0, 0.1) is 18.8 Å². The van der Waals surface area contributed by atoms with Crippen LogP contribution in [0.25, 0.3) is 0 Å². The Balaban J connectivity index is 2.49. The van der Waals surface area contributed by atoms with E-state index in [2.05, 4.69) is 27.7 Å². The second-order valence-corrected chi connectivity index (χ2v) is 9.19. The molecule has 5 heteroatoms. The maximum atomic E-state index is 13.2. The predicted octanol–water partition coefficient (Wildman–Crippen LogP) is 3.79. The van der Waals surface area contributed by atoms with Crippen LogP contribution in [0.1, 0.15) is 51.2 Å². The lowest BCUT2D eigenvalue weighted by atomic mass is 9.94. The fraction of sp³-hybridized carbons (Fsp3) is 0.667. The first-order chi connectivity index (χ1) is 10.7. The SMILES string of the molecule is COc1cc(C)c(S(=O)(=O)N2C[C@@H](C)C[C@H](C)C2)cc1C(C)C. The van der Waals surface area contributed by atoms with Crippen molar-refractivity contribution in [3.05, 3.63) is 23.3 Å². The van der Waals surface area contributed by atoms with Gasteiger partial charge in [-0.05, 0) is 54.4 Å². The molecule has 0 aromatic heterocycles. The van der Waals surface area contributed by atoms with Gasteiger partial charge in [0.1, 0.15) is 5.75 Å². The smallest absolute Gasteiger partial charge is 0.243 e. The topological polar surface area (TPSA) is 46.6 Å². The van der Waals surface area contributed by atoms with Gasteiger partial charge in [-0.2, -0.15) is 4.31 Å². The Labute approximate surface area is 140 Å². The van der Waals surface area contributed by atoms with E-state index in [1.807, 2.05) is 13.0 Å². The summed E-state index contributed by atoms with van der Waals surface area (Å²) in [6, 6.07) is 3.65. The molecule has 23 heavy (non-hydrogen) atoms. The van der Waals surface area contributed by atoms with Crippen LogP contribution in [0.2, 0.25) is 0 Å². The lowest BCUT2D eigenvalue weighted by molar-refractivity contribution is 0.222. The summed E-state index contributed by atoms with van der Waals surface area (Å²) in [6.45, 7) is 11.4. The van der Waals surface area contributed by atoms with Gasteiger partial charge in [0.2, 0.25) is 10.0 Å². The first-order valence-electron chi connectivity index (χ1n) is 8.35. The average molecular weight is 340 g/mol. The summed E-state index contributed by atoms with van der Waals surface area (Å²) in [5.41, 5.74) is 1.69. The normalized spacial score (nSPS) is 23.3. The highest BCUT2D eigenvalue weighted by molar-refractivity contribution is 7.89. The Morgan fingerprint density at radius 2 is 1.74 bits per heavy atom. The molecular weight excluding hydrogens is 310 g/mol. The van der Waals surface area contributed by atoms with Crippen molar-refractivity contribution in [1.82, 2.24) is 4.31 Å². The van der Waals surface area contributed by atoms with Gasteiger partial charge in [0.05, 0.1) is 12.0 Å². The number of benzene rings is 1. The second kappa shape index (κ2) is 6.81. The zero-order valence-electron chi connectivity index (χ0n) is 15.1. The molecular formula is C18H29NO3S. The summed E-state index contributed by atoms with van der Waals surface area (Å²) in [5, 5.41) is 0. The highest BCUT2D eigenvalue weighted by Gasteiger charge is 2.33. The monoisotopic (exact) mass is 339 g/mol. The van der Waals surface area contributed by atoms with Crippen molar-refractivity contribution in [2.45, 2.75) is 51.9 Å². The maximum absolute atomic E-state index is 13.2. The molecule has 1 saturated heterocycles. The molecule has 1 aromatic rings. The molecule has 0 unspecified atom stereocenters. The summed E-state index contributed by atoms with van der Waals surface area (Å²) in [5.74, 6) is 1.77. The standard InChI is InChI=1S/C18H29NO3S/c1-12(2)16-9-18(15(5)8-17(16)22-6)23(20,21)19-10-13(3)7-14(4)11-19/h8-9,12-14H,7,10-11H2,1-6H3/t13-,14-/m0/s1. The zero-order chi connectivity index (χ0) is 17.4. The predicted molar refractivity (Wildman–Crippen MR) is 93.5 cm³/mol. The van der Waals surface area contributed by atoms with Gasteiger partial charge < -0.3 is 4.74 Å². The minimum atomic E-state index is -3.46. The average Bonchev–Trinajstić information content (AvgIpc) is 2.45. The van der Waals surface area contributed by atoms with Crippen molar-refractivity contribution < 1.29 is 13.2 Å². The van der Waals surface area contributed by atoms with Crippen LogP contribution in [0.3, 0.4) is 0 Å². The van der Waals surface area contributed by atoms with Crippen molar-refractivity contribution in [1.29, 1.82) is 0 Å². The van der Waals surface area contributed by atoms with Crippen LogP contribution < -0.4 is 4.74 Å². The lowest BCUT2D eigenvalue weighted by Gasteiger charge is -2.34.